The third-order valence-electron chi connectivity index (χ3n) is 1.80. The Bertz CT molecular complexity index is 165. The van der Waals surface area contributed by atoms with Gasteiger partial charge < -0.3 is 4.74 Å². The zero-order valence-electron chi connectivity index (χ0n) is 6.75. The maximum absolute atomic E-state index is 10.1. The molecule has 3 nitrogen and oxygen atoms in total. The predicted octanol–water partition coefficient (Wildman–Crippen LogP) is 2.23. The van der Waals surface area contributed by atoms with Gasteiger partial charge in [-0.1, -0.05) is 0 Å². The van der Waals surface area contributed by atoms with Crippen molar-refractivity contribution in [2.75, 3.05) is 6.61 Å². The molecule has 62 valence electrons. The highest BCUT2D eigenvalue weighted by Crippen LogP contribution is 2.20. The molecule has 0 bridgehead atoms. The zero-order chi connectivity index (χ0) is 8.10. The Morgan fingerprint density at radius 2 is 2.64 bits per heavy atom. The summed E-state index contributed by atoms with van der Waals surface area (Å²) < 4.78 is 5.34. The van der Waals surface area contributed by atoms with E-state index in [0.29, 0.717) is 12.3 Å². The van der Waals surface area contributed by atoms with Crippen molar-refractivity contribution in [3.63, 3.8) is 0 Å². The Balaban J connectivity index is 2.48. The SMILES string of the molecule is CCOC1C=C(N=O)CCC1. The third kappa shape index (κ3) is 2.42. The Hall–Kier alpha value is -0.700. The maximum Gasteiger partial charge on any atom is 0.0834 e. The molecule has 0 spiro atoms. The van der Waals surface area contributed by atoms with Crippen LogP contribution >= 0.6 is 0 Å². The molecule has 0 saturated heterocycles. The van der Waals surface area contributed by atoms with E-state index in [2.05, 4.69) is 5.18 Å². The lowest BCUT2D eigenvalue weighted by atomic mass is 10.0. The standard InChI is InChI=1S/C8H13NO2/c1-2-11-8-5-3-4-7(6-8)9-10/h6,8H,2-5H2,1H3. The molecule has 1 aliphatic carbocycles. The lowest BCUT2D eigenvalue weighted by Crippen LogP contribution is -2.13. The van der Waals surface area contributed by atoms with Crippen LogP contribution in [0, 0.1) is 4.91 Å². The lowest BCUT2D eigenvalue weighted by molar-refractivity contribution is 0.0846. The fraction of sp³-hybridized carbons (Fsp3) is 0.750. The molecule has 11 heavy (non-hydrogen) atoms. The van der Waals surface area contributed by atoms with Gasteiger partial charge in [0, 0.05) is 6.61 Å². The van der Waals surface area contributed by atoms with E-state index >= 15 is 0 Å². The van der Waals surface area contributed by atoms with E-state index < -0.39 is 0 Å². The van der Waals surface area contributed by atoms with Gasteiger partial charge in [-0.05, 0) is 37.4 Å². The van der Waals surface area contributed by atoms with Crippen LogP contribution in [0.25, 0.3) is 0 Å². The van der Waals surface area contributed by atoms with Crippen molar-refractivity contribution in [1.29, 1.82) is 0 Å². The van der Waals surface area contributed by atoms with Crippen molar-refractivity contribution >= 4 is 0 Å². The molecule has 0 fully saturated rings. The van der Waals surface area contributed by atoms with Crippen LogP contribution in [0.15, 0.2) is 16.9 Å². The minimum absolute atomic E-state index is 0.126. The van der Waals surface area contributed by atoms with E-state index in [1.54, 1.807) is 0 Å². The van der Waals surface area contributed by atoms with Gasteiger partial charge in [-0.3, -0.25) is 0 Å². The molecule has 1 rings (SSSR count). The number of hydrogen-bond donors (Lipinski definition) is 0. The van der Waals surface area contributed by atoms with Gasteiger partial charge in [-0.25, -0.2) is 0 Å². The molecule has 0 heterocycles. The van der Waals surface area contributed by atoms with Crippen molar-refractivity contribution < 1.29 is 4.74 Å². The number of nitroso groups, excluding NO2 is 1. The molecule has 0 radical (unpaired) electrons. The van der Waals surface area contributed by atoms with Crippen LogP contribution in [0.4, 0.5) is 0 Å². The molecule has 0 saturated carbocycles. The number of rotatable bonds is 3. The molecule has 0 N–H and O–H groups in total. The molecule has 3 heteroatoms. The van der Waals surface area contributed by atoms with Gasteiger partial charge in [0.15, 0.2) is 0 Å². The fourth-order valence-corrected chi connectivity index (χ4v) is 1.29. The van der Waals surface area contributed by atoms with Crippen molar-refractivity contribution in [3.05, 3.63) is 16.7 Å². The topological polar surface area (TPSA) is 38.7 Å². The van der Waals surface area contributed by atoms with Crippen LogP contribution in [-0.4, -0.2) is 12.7 Å². The van der Waals surface area contributed by atoms with Gasteiger partial charge in [0.1, 0.15) is 0 Å². The van der Waals surface area contributed by atoms with Crippen LogP contribution < -0.4 is 0 Å². The first-order valence-electron chi connectivity index (χ1n) is 4.02. The summed E-state index contributed by atoms with van der Waals surface area (Å²) in [6.07, 6.45) is 4.81. The van der Waals surface area contributed by atoms with E-state index in [1.165, 1.54) is 0 Å². The molecule has 0 aromatic heterocycles. The first-order chi connectivity index (χ1) is 5.36. The fourth-order valence-electron chi connectivity index (χ4n) is 1.29. The van der Waals surface area contributed by atoms with Crippen LogP contribution in [0.5, 0.6) is 0 Å². The van der Waals surface area contributed by atoms with E-state index in [0.717, 1.165) is 19.3 Å². The molecule has 0 amide bonds. The summed E-state index contributed by atoms with van der Waals surface area (Å²) in [5.41, 5.74) is 0.648. The van der Waals surface area contributed by atoms with Gasteiger partial charge in [-0.15, -0.1) is 4.91 Å². The van der Waals surface area contributed by atoms with Crippen LogP contribution in [0.1, 0.15) is 26.2 Å². The first kappa shape index (κ1) is 8.40. The Labute approximate surface area is 66.4 Å². The van der Waals surface area contributed by atoms with Gasteiger partial charge in [0.05, 0.1) is 11.8 Å². The van der Waals surface area contributed by atoms with E-state index in [4.69, 9.17) is 4.74 Å². The zero-order valence-corrected chi connectivity index (χ0v) is 6.75. The molecule has 1 atom stereocenters. The number of ether oxygens (including phenoxy) is 1. The molecule has 1 unspecified atom stereocenters. The minimum Gasteiger partial charge on any atom is -0.374 e. The summed E-state index contributed by atoms with van der Waals surface area (Å²) in [4.78, 5) is 10.1. The highest BCUT2D eigenvalue weighted by atomic mass is 16.5. The molecule has 0 aliphatic heterocycles. The molecule has 1 aliphatic rings. The first-order valence-corrected chi connectivity index (χ1v) is 4.02. The summed E-state index contributed by atoms with van der Waals surface area (Å²) in [7, 11) is 0. The highest BCUT2D eigenvalue weighted by Gasteiger charge is 2.13. The van der Waals surface area contributed by atoms with Crippen molar-refractivity contribution in [2.24, 2.45) is 5.18 Å². The van der Waals surface area contributed by atoms with Crippen molar-refractivity contribution in [1.82, 2.24) is 0 Å². The third-order valence-corrected chi connectivity index (χ3v) is 1.80. The van der Waals surface area contributed by atoms with Gasteiger partial charge in [-0.2, -0.15) is 0 Å². The van der Waals surface area contributed by atoms with Gasteiger partial charge >= 0.3 is 0 Å². The molecule has 0 aromatic rings. The van der Waals surface area contributed by atoms with Crippen LogP contribution in [0.3, 0.4) is 0 Å². The average molecular weight is 155 g/mol. The Kier molecular flexibility index (Phi) is 3.23. The lowest BCUT2D eigenvalue weighted by Gasteiger charge is -2.17. The Morgan fingerprint density at radius 1 is 1.82 bits per heavy atom. The van der Waals surface area contributed by atoms with Crippen molar-refractivity contribution in [3.8, 4) is 0 Å². The summed E-state index contributed by atoms with van der Waals surface area (Å²) in [5, 5.41) is 2.91. The van der Waals surface area contributed by atoms with Gasteiger partial charge in [0.2, 0.25) is 0 Å². The summed E-state index contributed by atoms with van der Waals surface area (Å²) in [5.74, 6) is 0. The molecule has 0 aromatic carbocycles. The second-order valence-electron chi connectivity index (χ2n) is 2.64. The second-order valence-corrected chi connectivity index (χ2v) is 2.64. The largest absolute Gasteiger partial charge is 0.374 e. The Morgan fingerprint density at radius 3 is 3.27 bits per heavy atom. The highest BCUT2D eigenvalue weighted by molar-refractivity contribution is 5.07. The van der Waals surface area contributed by atoms with E-state index in [-0.39, 0.29) is 6.10 Å². The number of allylic oxidation sites excluding steroid dienone is 1. The number of nitrogens with zero attached hydrogens (tertiary/aromatic N) is 1. The normalized spacial score (nSPS) is 24.5. The monoisotopic (exact) mass is 155 g/mol. The summed E-state index contributed by atoms with van der Waals surface area (Å²) >= 11 is 0. The van der Waals surface area contributed by atoms with Crippen LogP contribution in [-0.2, 0) is 4.74 Å². The molecular formula is C8H13NO2. The van der Waals surface area contributed by atoms with Crippen molar-refractivity contribution in [2.45, 2.75) is 32.3 Å². The summed E-state index contributed by atoms with van der Waals surface area (Å²) in [6.45, 7) is 2.66. The average Bonchev–Trinajstić information content (AvgIpc) is 2.06. The minimum atomic E-state index is 0.126. The maximum atomic E-state index is 10.1. The summed E-state index contributed by atoms with van der Waals surface area (Å²) in [6, 6.07) is 0. The van der Waals surface area contributed by atoms with Crippen LogP contribution in [0.2, 0.25) is 0 Å². The predicted molar refractivity (Wildman–Crippen MR) is 43.1 cm³/mol. The van der Waals surface area contributed by atoms with Gasteiger partial charge in [0.25, 0.3) is 0 Å². The smallest absolute Gasteiger partial charge is 0.0834 e. The van der Waals surface area contributed by atoms with E-state index in [9.17, 15) is 4.91 Å². The number of hydrogen-bond acceptors (Lipinski definition) is 3. The molecular weight excluding hydrogens is 142 g/mol. The quantitative estimate of drug-likeness (QED) is 0.586. The second kappa shape index (κ2) is 4.23. The van der Waals surface area contributed by atoms with E-state index in [1.807, 2.05) is 13.0 Å².